The number of hydrogen-bond donors (Lipinski definition) is 0. The van der Waals surface area contributed by atoms with Crippen LogP contribution in [-0.2, 0) is 0 Å². The van der Waals surface area contributed by atoms with E-state index in [1.54, 1.807) is 2.78 Å². The highest BCUT2D eigenvalue weighted by Gasteiger charge is 2.07. The van der Waals surface area contributed by atoms with Gasteiger partial charge in [0.15, 0.2) is 0 Å². The number of aromatic nitrogens is 1. The molecule has 0 spiro atoms. The maximum atomic E-state index is 12.1. The lowest BCUT2D eigenvalue weighted by molar-refractivity contribution is 1.30. The summed E-state index contributed by atoms with van der Waals surface area (Å²) in [7, 11) is 0. The number of para-hydroxylation sites is 1. The van der Waals surface area contributed by atoms with Gasteiger partial charge in [-0.15, -0.1) is 0 Å². The lowest BCUT2D eigenvalue weighted by Crippen LogP contribution is -2.12. The number of pyridine rings is 1. The molecule has 0 fully saturated rings. The van der Waals surface area contributed by atoms with Crippen LogP contribution in [0.2, 0.25) is 0 Å². The van der Waals surface area contributed by atoms with E-state index in [9.17, 15) is 4.79 Å². The molecule has 2 nitrogen and oxygen atoms in total. The zero-order valence-corrected chi connectivity index (χ0v) is 10.5. The van der Waals surface area contributed by atoms with Crippen molar-refractivity contribution in [2.75, 3.05) is 0 Å². The van der Waals surface area contributed by atoms with Gasteiger partial charge in [0, 0.05) is 10.8 Å². The lowest BCUT2D eigenvalue weighted by atomic mass is 10.1. The minimum Gasteiger partial charge on any atom is -0.268 e. The molecule has 1 aromatic heterocycles. The average molecular weight is 321 g/mol. The molecule has 0 atom stereocenters. The van der Waals surface area contributed by atoms with Crippen molar-refractivity contribution in [3.8, 4) is 0 Å². The van der Waals surface area contributed by atoms with E-state index in [1.807, 2.05) is 48.5 Å². The van der Waals surface area contributed by atoms with Gasteiger partial charge in [0.25, 0.3) is 5.56 Å². The van der Waals surface area contributed by atoms with Gasteiger partial charge in [0.05, 0.1) is 28.4 Å². The summed E-state index contributed by atoms with van der Waals surface area (Å²) in [6, 6.07) is 15.7. The Bertz CT molecular complexity index is 746. The first kappa shape index (κ1) is 9.84. The van der Waals surface area contributed by atoms with Crippen LogP contribution in [0.5, 0.6) is 0 Å². The Morgan fingerprint density at radius 2 is 1.38 bits per heavy atom. The smallest absolute Gasteiger partial charge is 0.267 e. The molecule has 0 amide bonds. The monoisotopic (exact) mass is 321 g/mol. The van der Waals surface area contributed by atoms with Gasteiger partial charge in [-0.25, -0.2) is 2.78 Å². The number of rotatable bonds is 0. The van der Waals surface area contributed by atoms with E-state index >= 15 is 0 Å². The molecule has 78 valence electrons. The molecule has 0 saturated heterocycles. The molecule has 1 heterocycles. The van der Waals surface area contributed by atoms with E-state index < -0.39 is 0 Å². The molecule has 0 bridgehead atoms. The van der Waals surface area contributed by atoms with Crippen LogP contribution in [0.1, 0.15) is 0 Å². The summed E-state index contributed by atoms with van der Waals surface area (Å²) in [5.74, 6) is 0. The highest BCUT2D eigenvalue weighted by atomic mass is 127. The second-order valence-electron chi connectivity index (χ2n) is 3.65. The number of halogens is 1. The Morgan fingerprint density at radius 3 is 2.12 bits per heavy atom. The van der Waals surface area contributed by atoms with Gasteiger partial charge in [-0.1, -0.05) is 36.4 Å². The summed E-state index contributed by atoms with van der Waals surface area (Å²) in [6.07, 6.45) is 0. The minimum atomic E-state index is 0.0508. The zero-order chi connectivity index (χ0) is 11.1. The van der Waals surface area contributed by atoms with Crippen molar-refractivity contribution in [2.24, 2.45) is 0 Å². The van der Waals surface area contributed by atoms with Crippen molar-refractivity contribution in [3.63, 3.8) is 0 Å². The van der Waals surface area contributed by atoms with E-state index in [0.717, 1.165) is 21.7 Å². The van der Waals surface area contributed by atoms with Gasteiger partial charge in [-0.3, -0.25) is 4.79 Å². The van der Waals surface area contributed by atoms with Crippen LogP contribution in [-0.4, -0.2) is 2.78 Å². The quantitative estimate of drug-likeness (QED) is 0.460. The molecular weight excluding hydrogens is 313 g/mol. The van der Waals surface area contributed by atoms with E-state index in [2.05, 4.69) is 22.9 Å². The second kappa shape index (κ2) is 3.59. The summed E-state index contributed by atoms with van der Waals surface area (Å²) >= 11 is 2.05. The summed E-state index contributed by atoms with van der Waals surface area (Å²) < 4.78 is 1.68. The van der Waals surface area contributed by atoms with Crippen molar-refractivity contribution < 1.29 is 0 Å². The Labute approximate surface area is 106 Å². The van der Waals surface area contributed by atoms with Gasteiger partial charge in [0.2, 0.25) is 0 Å². The van der Waals surface area contributed by atoms with E-state index in [0.29, 0.717) is 0 Å². The fourth-order valence-electron chi connectivity index (χ4n) is 1.99. The van der Waals surface area contributed by atoms with Crippen molar-refractivity contribution in [1.29, 1.82) is 0 Å². The topological polar surface area (TPSA) is 22.0 Å². The van der Waals surface area contributed by atoms with Crippen molar-refractivity contribution in [1.82, 2.24) is 2.78 Å². The van der Waals surface area contributed by atoms with Gasteiger partial charge < -0.3 is 0 Å². The Hall–Kier alpha value is -1.36. The molecule has 0 aliphatic rings. The molecule has 3 heteroatoms. The molecule has 0 aliphatic heterocycles. The third kappa shape index (κ3) is 1.28. The first-order chi connectivity index (χ1) is 7.79. The molecule has 3 aromatic rings. The molecule has 0 saturated carbocycles. The maximum Gasteiger partial charge on any atom is 0.267 e. The molecule has 0 aliphatic carbocycles. The van der Waals surface area contributed by atoms with Crippen LogP contribution < -0.4 is 5.56 Å². The van der Waals surface area contributed by atoms with Crippen LogP contribution in [0, 0.1) is 0 Å². The first-order valence-electron chi connectivity index (χ1n) is 4.98. The van der Waals surface area contributed by atoms with Gasteiger partial charge >= 0.3 is 0 Å². The Balaban J connectivity index is 2.74. The van der Waals surface area contributed by atoms with E-state index in [-0.39, 0.29) is 5.56 Å². The Kier molecular flexibility index (Phi) is 2.21. The van der Waals surface area contributed by atoms with Crippen LogP contribution in [0.15, 0.2) is 53.3 Å². The third-order valence-corrected chi connectivity index (χ3v) is 3.70. The van der Waals surface area contributed by atoms with Crippen LogP contribution in [0.3, 0.4) is 0 Å². The summed E-state index contributed by atoms with van der Waals surface area (Å²) in [4.78, 5) is 12.1. The average Bonchev–Trinajstić information content (AvgIpc) is 2.36. The van der Waals surface area contributed by atoms with Gasteiger partial charge in [-0.2, -0.15) is 0 Å². The zero-order valence-electron chi connectivity index (χ0n) is 8.35. The standard InChI is InChI=1S/C13H8INO/c14-15-12-8-4-3-6-10(12)9-5-1-2-7-11(9)13(15)16/h1-8H. The van der Waals surface area contributed by atoms with Crippen molar-refractivity contribution in [3.05, 3.63) is 58.9 Å². The Morgan fingerprint density at radius 1 is 0.812 bits per heavy atom. The van der Waals surface area contributed by atoms with E-state index in [1.165, 1.54) is 0 Å². The summed E-state index contributed by atoms with van der Waals surface area (Å²) in [5.41, 5.74) is 1.02. The van der Waals surface area contributed by atoms with Crippen molar-refractivity contribution in [2.45, 2.75) is 0 Å². The number of nitrogens with zero attached hydrogens (tertiary/aromatic N) is 1. The summed E-state index contributed by atoms with van der Waals surface area (Å²) in [5, 5.41) is 2.92. The fourth-order valence-corrected chi connectivity index (χ4v) is 2.67. The highest BCUT2D eigenvalue weighted by Crippen LogP contribution is 2.23. The SMILES string of the molecule is O=c1c2ccccc2c2ccccc2n1I. The molecule has 0 radical (unpaired) electrons. The first-order valence-corrected chi connectivity index (χ1v) is 5.94. The number of benzene rings is 2. The van der Waals surface area contributed by atoms with Crippen LogP contribution >= 0.6 is 22.9 Å². The molecule has 0 N–H and O–H groups in total. The fraction of sp³-hybridized carbons (Fsp3) is 0. The second-order valence-corrected chi connectivity index (χ2v) is 4.61. The van der Waals surface area contributed by atoms with Gasteiger partial charge in [-0.05, 0) is 17.5 Å². The molecule has 3 rings (SSSR count). The van der Waals surface area contributed by atoms with Crippen LogP contribution in [0.25, 0.3) is 21.7 Å². The number of fused-ring (bicyclic) bond motifs is 3. The van der Waals surface area contributed by atoms with Crippen molar-refractivity contribution >= 4 is 44.5 Å². The van der Waals surface area contributed by atoms with Gasteiger partial charge in [0.1, 0.15) is 0 Å². The molecule has 2 aromatic carbocycles. The largest absolute Gasteiger partial charge is 0.268 e. The predicted molar refractivity (Wildman–Crippen MR) is 75.1 cm³/mol. The maximum absolute atomic E-state index is 12.1. The highest BCUT2D eigenvalue weighted by molar-refractivity contribution is 14.1. The van der Waals surface area contributed by atoms with E-state index in [4.69, 9.17) is 0 Å². The third-order valence-electron chi connectivity index (χ3n) is 2.74. The molecule has 0 unspecified atom stereocenters. The summed E-state index contributed by atoms with van der Waals surface area (Å²) in [6.45, 7) is 0. The molecule has 16 heavy (non-hydrogen) atoms. The van der Waals surface area contributed by atoms with Crippen LogP contribution in [0.4, 0.5) is 0 Å². The number of hydrogen-bond acceptors (Lipinski definition) is 1. The predicted octanol–water partition coefficient (Wildman–Crippen LogP) is 3.35. The minimum absolute atomic E-state index is 0.0508. The molecular formula is C13H8INO. The normalized spacial score (nSPS) is 11.1. The lowest BCUT2D eigenvalue weighted by Gasteiger charge is -2.06.